The lowest BCUT2D eigenvalue weighted by Gasteiger charge is -2.21. The van der Waals surface area contributed by atoms with E-state index in [-0.39, 0.29) is 18.1 Å². The molecule has 1 unspecified atom stereocenters. The number of nitrogens with zero attached hydrogens (tertiary/aromatic N) is 1. The molecule has 1 saturated heterocycles. The standard InChI is InChI=1S/C13H16F3NO2/c14-13(15,16)12-5-11(2-1-10(12)8-19)17-4-3-9(6-17)7-18/h1-2,5,9,18-19H,3-4,6-8H2. The number of aliphatic hydroxyl groups is 2. The van der Waals surface area contributed by atoms with Crippen LogP contribution in [0.2, 0.25) is 0 Å². The molecule has 1 fully saturated rings. The molecule has 106 valence electrons. The summed E-state index contributed by atoms with van der Waals surface area (Å²) in [7, 11) is 0. The molecule has 1 atom stereocenters. The molecule has 1 heterocycles. The lowest BCUT2D eigenvalue weighted by molar-refractivity contribution is -0.138. The number of hydrogen-bond acceptors (Lipinski definition) is 3. The molecule has 0 aromatic heterocycles. The fourth-order valence-electron chi connectivity index (χ4n) is 2.38. The topological polar surface area (TPSA) is 43.7 Å². The summed E-state index contributed by atoms with van der Waals surface area (Å²) in [6.07, 6.45) is -3.69. The van der Waals surface area contributed by atoms with Gasteiger partial charge in [-0.2, -0.15) is 13.2 Å². The number of aliphatic hydroxyl groups excluding tert-OH is 2. The Balaban J connectivity index is 2.28. The van der Waals surface area contributed by atoms with E-state index < -0.39 is 18.3 Å². The van der Waals surface area contributed by atoms with E-state index in [2.05, 4.69) is 0 Å². The van der Waals surface area contributed by atoms with Crippen LogP contribution in [0.1, 0.15) is 17.5 Å². The van der Waals surface area contributed by atoms with Gasteiger partial charge in [-0.1, -0.05) is 6.07 Å². The third-order valence-electron chi connectivity index (χ3n) is 3.48. The van der Waals surface area contributed by atoms with Crippen molar-refractivity contribution >= 4 is 5.69 Å². The van der Waals surface area contributed by atoms with Gasteiger partial charge in [0.15, 0.2) is 0 Å². The molecule has 0 aliphatic carbocycles. The minimum absolute atomic E-state index is 0.0529. The van der Waals surface area contributed by atoms with Gasteiger partial charge in [0.1, 0.15) is 0 Å². The third-order valence-corrected chi connectivity index (χ3v) is 3.48. The second-order valence-electron chi connectivity index (χ2n) is 4.78. The van der Waals surface area contributed by atoms with Crippen LogP contribution in [0.3, 0.4) is 0 Å². The van der Waals surface area contributed by atoms with E-state index in [0.29, 0.717) is 18.8 Å². The summed E-state index contributed by atoms with van der Waals surface area (Å²) in [4.78, 5) is 1.83. The Morgan fingerprint density at radius 2 is 2.00 bits per heavy atom. The van der Waals surface area contributed by atoms with Gasteiger partial charge >= 0.3 is 6.18 Å². The van der Waals surface area contributed by atoms with Crippen LogP contribution >= 0.6 is 0 Å². The van der Waals surface area contributed by atoms with E-state index in [1.807, 2.05) is 4.90 Å². The molecular formula is C13H16F3NO2. The van der Waals surface area contributed by atoms with E-state index in [1.165, 1.54) is 6.07 Å². The summed E-state index contributed by atoms with van der Waals surface area (Å²) in [6.45, 7) is 0.624. The van der Waals surface area contributed by atoms with E-state index in [1.54, 1.807) is 6.07 Å². The molecule has 1 aliphatic heterocycles. The Morgan fingerprint density at radius 3 is 2.53 bits per heavy atom. The molecule has 0 radical (unpaired) electrons. The molecule has 0 amide bonds. The maximum absolute atomic E-state index is 12.9. The van der Waals surface area contributed by atoms with Crippen LogP contribution in [0, 0.1) is 5.92 Å². The minimum atomic E-state index is -4.47. The zero-order valence-corrected chi connectivity index (χ0v) is 10.3. The van der Waals surface area contributed by atoms with E-state index >= 15 is 0 Å². The van der Waals surface area contributed by atoms with Crippen LogP contribution in [-0.2, 0) is 12.8 Å². The van der Waals surface area contributed by atoms with Gasteiger partial charge < -0.3 is 15.1 Å². The first kappa shape index (κ1) is 14.1. The largest absolute Gasteiger partial charge is 0.416 e. The van der Waals surface area contributed by atoms with Crippen LogP contribution in [0.5, 0.6) is 0 Å². The maximum atomic E-state index is 12.9. The quantitative estimate of drug-likeness (QED) is 0.887. The van der Waals surface area contributed by atoms with Gasteiger partial charge in [0.2, 0.25) is 0 Å². The van der Waals surface area contributed by atoms with Crippen molar-refractivity contribution in [1.29, 1.82) is 0 Å². The first-order valence-electron chi connectivity index (χ1n) is 6.12. The highest BCUT2D eigenvalue weighted by atomic mass is 19.4. The summed E-state index contributed by atoms with van der Waals surface area (Å²) < 4.78 is 38.6. The predicted octanol–water partition coefficient (Wildman–Crippen LogP) is 2.02. The fourth-order valence-corrected chi connectivity index (χ4v) is 2.38. The highest BCUT2D eigenvalue weighted by molar-refractivity contribution is 5.52. The average Bonchev–Trinajstić information content (AvgIpc) is 2.85. The van der Waals surface area contributed by atoms with Gasteiger partial charge in [-0.3, -0.25) is 0 Å². The monoisotopic (exact) mass is 275 g/mol. The smallest absolute Gasteiger partial charge is 0.396 e. The SMILES string of the molecule is OCc1ccc(N2CCC(CO)C2)cc1C(F)(F)F. The number of benzene rings is 1. The van der Waals surface area contributed by atoms with Crippen molar-refractivity contribution in [3.63, 3.8) is 0 Å². The van der Waals surface area contributed by atoms with Gasteiger partial charge in [-0.25, -0.2) is 0 Å². The lowest BCUT2D eigenvalue weighted by Crippen LogP contribution is -2.21. The number of halogens is 3. The summed E-state index contributed by atoms with van der Waals surface area (Å²) in [6, 6.07) is 3.97. The van der Waals surface area contributed by atoms with Gasteiger partial charge in [0.05, 0.1) is 12.2 Å². The molecule has 2 N–H and O–H groups in total. The number of alkyl halides is 3. The lowest BCUT2D eigenvalue weighted by atomic mass is 10.1. The van der Waals surface area contributed by atoms with Crippen molar-refractivity contribution in [3.05, 3.63) is 29.3 Å². The molecular weight excluding hydrogens is 259 g/mol. The molecule has 1 aliphatic rings. The zero-order chi connectivity index (χ0) is 14.0. The minimum Gasteiger partial charge on any atom is -0.396 e. The van der Waals surface area contributed by atoms with Crippen LogP contribution in [0.25, 0.3) is 0 Å². The summed E-state index contributed by atoms with van der Waals surface area (Å²) in [5, 5.41) is 18.0. The Kier molecular flexibility index (Phi) is 4.01. The van der Waals surface area contributed by atoms with Crippen molar-refractivity contribution in [2.75, 3.05) is 24.6 Å². The first-order chi connectivity index (χ1) is 8.95. The normalized spacial score (nSPS) is 20.1. The number of anilines is 1. The van der Waals surface area contributed by atoms with Crippen LogP contribution in [0.15, 0.2) is 18.2 Å². The van der Waals surface area contributed by atoms with Gasteiger partial charge in [0, 0.05) is 31.3 Å². The van der Waals surface area contributed by atoms with Crippen molar-refractivity contribution < 1.29 is 23.4 Å². The summed E-state index contributed by atoms with van der Waals surface area (Å²) >= 11 is 0. The zero-order valence-electron chi connectivity index (χ0n) is 10.3. The Bertz CT molecular complexity index is 448. The highest BCUT2D eigenvalue weighted by Crippen LogP contribution is 2.35. The predicted molar refractivity (Wildman–Crippen MR) is 64.8 cm³/mol. The molecule has 19 heavy (non-hydrogen) atoms. The number of rotatable bonds is 3. The van der Waals surface area contributed by atoms with Gasteiger partial charge in [-0.05, 0) is 24.1 Å². The van der Waals surface area contributed by atoms with Gasteiger partial charge in [0.25, 0.3) is 0 Å². The van der Waals surface area contributed by atoms with Crippen LogP contribution in [0.4, 0.5) is 18.9 Å². The molecule has 1 aromatic carbocycles. The molecule has 3 nitrogen and oxygen atoms in total. The maximum Gasteiger partial charge on any atom is 0.416 e. The summed E-state index contributed by atoms with van der Waals surface area (Å²) in [5.74, 6) is 0.117. The molecule has 1 aromatic rings. The summed E-state index contributed by atoms with van der Waals surface area (Å²) in [5.41, 5.74) is -0.422. The average molecular weight is 275 g/mol. The third kappa shape index (κ3) is 3.01. The van der Waals surface area contributed by atoms with Crippen molar-refractivity contribution in [3.8, 4) is 0 Å². The van der Waals surface area contributed by atoms with Crippen molar-refractivity contribution in [1.82, 2.24) is 0 Å². The molecule has 6 heteroatoms. The molecule has 0 saturated carbocycles. The second-order valence-corrected chi connectivity index (χ2v) is 4.78. The Labute approximate surface area is 109 Å². The fraction of sp³-hybridized carbons (Fsp3) is 0.538. The van der Waals surface area contributed by atoms with Crippen LogP contribution in [-0.4, -0.2) is 29.9 Å². The number of hydrogen-bond donors (Lipinski definition) is 2. The Morgan fingerprint density at radius 1 is 1.26 bits per heavy atom. The molecule has 0 spiro atoms. The van der Waals surface area contributed by atoms with Crippen molar-refractivity contribution in [2.45, 2.75) is 19.2 Å². The van der Waals surface area contributed by atoms with E-state index in [9.17, 15) is 13.2 Å². The van der Waals surface area contributed by atoms with Gasteiger partial charge in [-0.15, -0.1) is 0 Å². The first-order valence-corrected chi connectivity index (χ1v) is 6.12. The second kappa shape index (κ2) is 5.38. The van der Waals surface area contributed by atoms with Crippen LogP contribution < -0.4 is 4.90 Å². The molecule has 0 bridgehead atoms. The van der Waals surface area contributed by atoms with E-state index in [0.717, 1.165) is 12.5 Å². The Hall–Kier alpha value is -1.27. The molecule has 2 rings (SSSR count). The van der Waals surface area contributed by atoms with E-state index in [4.69, 9.17) is 10.2 Å². The van der Waals surface area contributed by atoms with Crippen molar-refractivity contribution in [2.24, 2.45) is 5.92 Å². The highest BCUT2D eigenvalue weighted by Gasteiger charge is 2.34.